The number of H-pyrrole nitrogens is 1. The maximum absolute atomic E-state index is 12.3. The van der Waals surface area contributed by atoms with Crippen molar-refractivity contribution < 1.29 is 29.5 Å². The topological polar surface area (TPSA) is 179 Å². The number of ether oxygens (including phenoxy) is 3. The summed E-state index contributed by atoms with van der Waals surface area (Å²) in [6.45, 7) is 12.3. The van der Waals surface area contributed by atoms with Crippen molar-refractivity contribution in [2.24, 2.45) is 5.73 Å². The molecule has 6 N–H and O–H groups in total. The Bertz CT molecular complexity index is 1010. The Balaban J connectivity index is 1.43. The van der Waals surface area contributed by atoms with Crippen LogP contribution >= 0.6 is 0 Å². The first-order valence-corrected chi connectivity index (χ1v) is 13.9. The van der Waals surface area contributed by atoms with Gasteiger partial charge in [-0.3, -0.25) is 24.1 Å². The van der Waals surface area contributed by atoms with E-state index in [9.17, 15) is 24.9 Å². The molecule has 222 valence electrons. The van der Waals surface area contributed by atoms with Crippen molar-refractivity contribution in [2.45, 2.75) is 69.4 Å². The average molecular weight is 557 g/mol. The van der Waals surface area contributed by atoms with E-state index in [-0.39, 0.29) is 13.0 Å². The van der Waals surface area contributed by atoms with E-state index in [1.807, 2.05) is 0 Å². The molecule has 0 aliphatic carbocycles. The standard InChI is InChI=1S/C25H44N6O8/c1-3-28(4-2)7-8-29-9-11-30(12-10-29)15-19(39-24-22(35)21(34)18(14-26)38-24)17-13-16(32)23(37-17)31-6-5-20(33)27-25(31)36/h5-6,16-19,21-24,32,34-35H,3-4,7-15,26H2,1-2H3,(H,27,33,36)/t16-,17+,18-,19+,21-,22-,23-,24+/m1/s1. The van der Waals surface area contributed by atoms with Crippen LogP contribution < -0.4 is 17.0 Å². The van der Waals surface area contributed by atoms with Gasteiger partial charge in [0.25, 0.3) is 5.56 Å². The highest BCUT2D eigenvalue weighted by Crippen LogP contribution is 2.33. The number of likely N-dealkylation sites (N-methyl/N-ethyl adjacent to an activating group) is 1. The fourth-order valence-corrected chi connectivity index (χ4v) is 5.51. The molecule has 0 radical (unpaired) electrons. The summed E-state index contributed by atoms with van der Waals surface area (Å²) in [4.78, 5) is 33.1. The Morgan fingerprint density at radius 2 is 1.79 bits per heavy atom. The van der Waals surface area contributed by atoms with E-state index < -0.39 is 60.4 Å². The largest absolute Gasteiger partial charge is 0.388 e. The number of rotatable bonds is 12. The number of aromatic amines is 1. The maximum Gasteiger partial charge on any atom is 0.330 e. The van der Waals surface area contributed by atoms with Crippen LogP contribution in [-0.2, 0) is 14.2 Å². The minimum Gasteiger partial charge on any atom is -0.388 e. The summed E-state index contributed by atoms with van der Waals surface area (Å²) in [7, 11) is 0. The molecule has 0 amide bonds. The number of nitrogens with two attached hydrogens (primary N) is 1. The van der Waals surface area contributed by atoms with Gasteiger partial charge in [-0.1, -0.05) is 13.8 Å². The maximum atomic E-state index is 12.3. The lowest BCUT2D eigenvalue weighted by Crippen LogP contribution is -2.52. The highest BCUT2D eigenvalue weighted by Gasteiger charge is 2.47. The second-order valence-electron chi connectivity index (χ2n) is 10.5. The third kappa shape index (κ3) is 7.33. The number of hydrogen-bond donors (Lipinski definition) is 5. The van der Waals surface area contributed by atoms with E-state index in [1.54, 1.807) is 0 Å². The van der Waals surface area contributed by atoms with Crippen LogP contribution in [0.3, 0.4) is 0 Å². The number of piperazine rings is 1. The molecule has 0 unspecified atom stereocenters. The first kappa shape index (κ1) is 30.2. The SMILES string of the molecule is CCN(CC)CCN1CCN(C[C@H](O[C@@H]2O[C@H](CN)[C@@H](O)[C@H]2O)[C@@H]2C[C@@H](O)[C@H](n3ccc(=O)[nH]c3=O)O2)CC1. The van der Waals surface area contributed by atoms with Crippen LogP contribution in [0.4, 0.5) is 0 Å². The van der Waals surface area contributed by atoms with Crippen LogP contribution in [0.5, 0.6) is 0 Å². The summed E-state index contributed by atoms with van der Waals surface area (Å²) >= 11 is 0. The molecule has 3 saturated heterocycles. The van der Waals surface area contributed by atoms with E-state index in [4.69, 9.17) is 19.9 Å². The number of hydrogen-bond acceptors (Lipinski definition) is 12. The fourth-order valence-electron chi connectivity index (χ4n) is 5.51. The molecule has 4 heterocycles. The lowest BCUT2D eigenvalue weighted by Gasteiger charge is -2.38. The van der Waals surface area contributed by atoms with Crippen molar-refractivity contribution in [1.82, 2.24) is 24.3 Å². The van der Waals surface area contributed by atoms with E-state index in [0.29, 0.717) is 6.54 Å². The quantitative estimate of drug-likeness (QED) is 0.176. The molecule has 14 heteroatoms. The molecule has 4 rings (SSSR count). The third-order valence-electron chi connectivity index (χ3n) is 8.05. The van der Waals surface area contributed by atoms with E-state index in [0.717, 1.165) is 56.9 Å². The predicted molar refractivity (Wildman–Crippen MR) is 141 cm³/mol. The van der Waals surface area contributed by atoms with Crippen molar-refractivity contribution >= 4 is 0 Å². The van der Waals surface area contributed by atoms with Crippen molar-refractivity contribution in [2.75, 3.05) is 65.4 Å². The highest BCUT2D eigenvalue weighted by atomic mass is 16.7. The fraction of sp³-hybridized carbons (Fsp3) is 0.840. The van der Waals surface area contributed by atoms with E-state index in [1.165, 1.54) is 12.3 Å². The second-order valence-corrected chi connectivity index (χ2v) is 10.5. The Morgan fingerprint density at radius 1 is 1.10 bits per heavy atom. The van der Waals surface area contributed by atoms with Crippen LogP contribution in [0, 0.1) is 0 Å². The molecule has 0 spiro atoms. The molecule has 3 aliphatic heterocycles. The van der Waals surface area contributed by atoms with Crippen LogP contribution in [0.1, 0.15) is 26.5 Å². The molecule has 3 fully saturated rings. The summed E-state index contributed by atoms with van der Waals surface area (Å²) in [6.07, 6.45) is -6.24. The van der Waals surface area contributed by atoms with Crippen molar-refractivity contribution in [3.63, 3.8) is 0 Å². The lowest BCUT2D eigenvalue weighted by molar-refractivity contribution is -0.218. The summed E-state index contributed by atoms with van der Waals surface area (Å²) < 4.78 is 19.1. The molecule has 3 aliphatic rings. The number of aromatic nitrogens is 2. The van der Waals surface area contributed by atoms with Gasteiger partial charge in [-0.25, -0.2) is 4.79 Å². The van der Waals surface area contributed by atoms with Crippen molar-refractivity contribution in [3.05, 3.63) is 33.1 Å². The van der Waals surface area contributed by atoms with Crippen LogP contribution in [0.25, 0.3) is 0 Å². The minimum atomic E-state index is -1.29. The Labute approximate surface area is 227 Å². The minimum absolute atomic E-state index is 0.0219. The summed E-state index contributed by atoms with van der Waals surface area (Å²) in [5.74, 6) is 0. The normalized spacial score (nSPS) is 33.3. The van der Waals surface area contributed by atoms with Gasteiger partial charge in [0.15, 0.2) is 12.5 Å². The molecule has 1 aromatic heterocycles. The number of aliphatic hydroxyl groups is 3. The number of aliphatic hydroxyl groups excluding tert-OH is 3. The number of nitrogens with zero attached hydrogens (tertiary/aromatic N) is 4. The van der Waals surface area contributed by atoms with Crippen molar-refractivity contribution in [3.8, 4) is 0 Å². The second kappa shape index (κ2) is 13.8. The molecular weight excluding hydrogens is 512 g/mol. The van der Waals surface area contributed by atoms with Gasteiger partial charge in [0.2, 0.25) is 0 Å². The molecule has 1 aromatic rings. The van der Waals surface area contributed by atoms with Gasteiger partial charge >= 0.3 is 5.69 Å². The van der Waals surface area contributed by atoms with Gasteiger partial charge in [-0.2, -0.15) is 0 Å². The first-order valence-electron chi connectivity index (χ1n) is 13.9. The molecule has 0 aromatic carbocycles. The predicted octanol–water partition coefficient (Wildman–Crippen LogP) is -3.06. The zero-order valence-electron chi connectivity index (χ0n) is 22.8. The average Bonchev–Trinajstić information content (AvgIpc) is 3.44. The van der Waals surface area contributed by atoms with Gasteiger partial charge < -0.3 is 40.2 Å². The smallest absolute Gasteiger partial charge is 0.330 e. The lowest BCUT2D eigenvalue weighted by atomic mass is 10.1. The first-order chi connectivity index (χ1) is 18.7. The van der Waals surface area contributed by atoms with E-state index >= 15 is 0 Å². The Hall–Kier alpha value is -1.72. The highest BCUT2D eigenvalue weighted by molar-refractivity contribution is 4.94. The zero-order valence-corrected chi connectivity index (χ0v) is 22.8. The molecule has 39 heavy (non-hydrogen) atoms. The third-order valence-corrected chi connectivity index (χ3v) is 8.05. The Morgan fingerprint density at radius 3 is 2.41 bits per heavy atom. The molecule has 0 bridgehead atoms. The monoisotopic (exact) mass is 556 g/mol. The Kier molecular flexibility index (Phi) is 10.7. The van der Waals surface area contributed by atoms with Gasteiger partial charge in [-0.15, -0.1) is 0 Å². The van der Waals surface area contributed by atoms with Gasteiger partial charge in [0.1, 0.15) is 24.4 Å². The summed E-state index contributed by atoms with van der Waals surface area (Å²) in [5.41, 5.74) is 4.44. The van der Waals surface area contributed by atoms with Gasteiger partial charge in [0.05, 0.1) is 12.2 Å². The zero-order chi connectivity index (χ0) is 28.1. The number of nitrogens with one attached hydrogen (secondary N) is 1. The van der Waals surface area contributed by atoms with E-state index in [2.05, 4.69) is 33.5 Å². The van der Waals surface area contributed by atoms with Gasteiger partial charge in [0, 0.05) is 71.0 Å². The summed E-state index contributed by atoms with van der Waals surface area (Å²) in [6, 6.07) is 1.19. The molecule has 8 atom stereocenters. The van der Waals surface area contributed by atoms with Crippen molar-refractivity contribution in [1.29, 1.82) is 0 Å². The van der Waals surface area contributed by atoms with Crippen LogP contribution in [0.15, 0.2) is 21.9 Å². The molecule has 0 saturated carbocycles. The van der Waals surface area contributed by atoms with Crippen LogP contribution in [-0.4, -0.2) is 148 Å². The van der Waals surface area contributed by atoms with Gasteiger partial charge in [-0.05, 0) is 13.1 Å². The molecular formula is C25H44N6O8. The summed E-state index contributed by atoms with van der Waals surface area (Å²) in [5, 5.41) is 31.6. The molecule has 14 nitrogen and oxygen atoms in total. The van der Waals surface area contributed by atoms with Crippen LogP contribution in [0.2, 0.25) is 0 Å².